The third-order valence-corrected chi connectivity index (χ3v) is 3.38. The largest absolute Gasteiger partial charge is 0.744 e. The third kappa shape index (κ3) is 7.10. The number of hydrogen-bond donors (Lipinski definition) is 1. The molecule has 98 valence electrons. The molecule has 0 fully saturated rings. The molecule has 1 rings (SSSR count). The lowest BCUT2D eigenvalue weighted by Crippen LogP contribution is -3.11. The third-order valence-electron chi connectivity index (χ3n) is 2.53. The van der Waals surface area contributed by atoms with E-state index in [0.717, 1.165) is 0 Å². The SMILES string of the molecule is CC[NH+](CC)CC.O=S(=O)([O-])c1ccccc1. The van der Waals surface area contributed by atoms with E-state index in [1.807, 2.05) is 0 Å². The average molecular weight is 259 g/mol. The maximum atomic E-state index is 10.3. The van der Waals surface area contributed by atoms with E-state index in [9.17, 15) is 13.0 Å². The lowest BCUT2D eigenvalue weighted by Gasteiger charge is -2.10. The maximum Gasteiger partial charge on any atom is 0.124 e. The molecule has 0 spiro atoms. The van der Waals surface area contributed by atoms with Gasteiger partial charge in [0, 0.05) is 0 Å². The van der Waals surface area contributed by atoms with Crippen LogP contribution in [0.5, 0.6) is 0 Å². The summed E-state index contributed by atoms with van der Waals surface area (Å²) in [5.74, 6) is 0. The Morgan fingerprint density at radius 2 is 1.41 bits per heavy atom. The fraction of sp³-hybridized carbons (Fsp3) is 0.500. The molecule has 1 N–H and O–H groups in total. The van der Waals surface area contributed by atoms with Crippen LogP contribution in [-0.2, 0) is 10.1 Å². The van der Waals surface area contributed by atoms with Gasteiger partial charge in [0.15, 0.2) is 0 Å². The van der Waals surface area contributed by atoms with Crippen LogP contribution in [0.25, 0.3) is 0 Å². The van der Waals surface area contributed by atoms with Gasteiger partial charge in [0.25, 0.3) is 0 Å². The topological polar surface area (TPSA) is 61.6 Å². The summed E-state index contributed by atoms with van der Waals surface area (Å²) < 4.78 is 30.8. The smallest absolute Gasteiger partial charge is 0.124 e. The predicted octanol–water partition coefficient (Wildman–Crippen LogP) is 0.522. The minimum atomic E-state index is -4.25. The molecular formula is C12H21NO3S. The van der Waals surface area contributed by atoms with Gasteiger partial charge in [-0.3, -0.25) is 0 Å². The second kappa shape index (κ2) is 8.22. The van der Waals surface area contributed by atoms with E-state index in [-0.39, 0.29) is 4.90 Å². The van der Waals surface area contributed by atoms with E-state index in [2.05, 4.69) is 20.8 Å². The number of benzene rings is 1. The molecule has 0 aliphatic rings. The molecule has 0 aromatic heterocycles. The summed E-state index contributed by atoms with van der Waals surface area (Å²) in [6.45, 7) is 10.5. The first-order valence-corrected chi connectivity index (χ1v) is 7.21. The van der Waals surface area contributed by atoms with Crippen LogP contribution in [0.2, 0.25) is 0 Å². The van der Waals surface area contributed by atoms with Gasteiger partial charge in [0.05, 0.1) is 24.5 Å². The molecule has 1 aromatic rings. The van der Waals surface area contributed by atoms with Crippen LogP contribution in [0.1, 0.15) is 20.8 Å². The number of hydrogen-bond acceptors (Lipinski definition) is 3. The Hall–Kier alpha value is -0.910. The quantitative estimate of drug-likeness (QED) is 0.802. The van der Waals surface area contributed by atoms with Crippen molar-refractivity contribution < 1.29 is 17.9 Å². The molecule has 0 unspecified atom stereocenters. The Morgan fingerprint density at radius 3 is 1.59 bits per heavy atom. The van der Waals surface area contributed by atoms with Crippen LogP contribution in [0.4, 0.5) is 0 Å². The zero-order valence-corrected chi connectivity index (χ0v) is 11.5. The minimum Gasteiger partial charge on any atom is -0.744 e. The maximum absolute atomic E-state index is 10.3. The van der Waals surface area contributed by atoms with Crippen LogP contribution in [-0.4, -0.2) is 32.6 Å². The highest BCUT2D eigenvalue weighted by Crippen LogP contribution is 2.04. The first kappa shape index (κ1) is 16.1. The van der Waals surface area contributed by atoms with E-state index in [4.69, 9.17) is 0 Å². The molecule has 5 heteroatoms. The Kier molecular flexibility index (Phi) is 7.78. The van der Waals surface area contributed by atoms with Gasteiger partial charge in [-0.2, -0.15) is 0 Å². The highest BCUT2D eigenvalue weighted by atomic mass is 32.2. The molecular weight excluding hydrogens is 238 g/mol. The van der Waals surface area contributed by atoms with Crippen molar-refractivity contribution in [3.63, 3.8) is 0 Å². The molecule has 0 aliphatic heterocycles. The Morgan fingerprint density at radius 1 is 1.00 bits per heavy atom. The zero-order valence-electron chi connectivity index (χ0n) is 10.6. The van der Waals surface area contributed by atoms with Crippen molar-refractivity contribution in [2.75, 3.05) is 19.6 Å². The number of nitrogens with one attached hydrogen (secondary N) is 1. The second-order valence-corrected chi connectivity index (χ2v) is 4.96. The summed E-state index contributed by atoms with van der Waals surface area (Å²) in [5.41, 5.74) is 0. The van der Waals surface area contributed by atoms with Gasteiger partial charge in [0.1, 0.15) is 10.1 Å². The highest BCUT2D eigenvalue weighted by Gasteiger charge is 1.95. The van der Waals surface area contributed by atoms with Crippen LogP contribution in [0, 0.1) is 0 Å². The van der Waals surface area contributed by atoms with Crippen molar-refractivity contribution in [1.82, 2.24) is 0 Å². The molecule has 0 heterocycles. The van der Waals surface area contributed by atoms with Gasteiger partial charge in [0.2, 0.25) is 0 Å². The first-order chi connectivity index (χ1) is 7.95. The van der Waals surface area contributed by atoms with Crippen molar-refractivity contribution in [2.45, 2.75) is 25.7 Å². The molecule has 0 bridgehead atoms. The summed E-state index contributed by atoms with van der Waals surface area (Å²) in [6, 6.07) is 7.19. The Bertz CT molecular complexity index is 380. The van der Waals surface area contributed by atoms with Crippen LogP contribution >= 0.6 is 0 Å². The number of quaternary nitrogens is 1. The van der Waals surface area contributed by atoms with Gasteiger partial charge in [-0.15, -0.1) is 0 Å². The van der Waals surface area contributed by atoms with Crippen LogP contribution in [0.15, 0.2) is 35.2 Å². The fourth-order valence-electron chi connectivity index (χ4n) is 1.34. The van der Waals surface area contributed by atoms with E-state index < -0.39 is 10.1 Å². The lowest BCUT2D eigenvalue weighted by molar-refractivity contribution is -0.894. The molecule has 1 aromatic carbocycles. The van der Waals surface area contributed by atoms with E-state index in [0.29, 0.717) is 0 Å². The van der Waals surface area contributed by atoms with Gasteiger partial charge in [-0.1, -0.05) is 18.2 Å². The molecule has 0 radical (unpaired) electrons. The summed E-state index contributed by atoms with van der Waals surface area (Å²) >= 11 is 0. The van der Waals surface area contributed by atoms with Crippen LogP contribution < -0.4 is 4.90 Å². The van der Waals surface area contributed by atoms with Crippen molar-refractivity contribution in [3.05, 3.63) is 30.3 Å². The predicted molar refractivity (Wildman–Crippen MR) is 67.0 cm³/mol. The van der Waals surface area contributed by atoms with Gasteiger partial charge < -0.3 is 9.45 Å². The van der Waals surface area contributed by atoms with Crippen molar-refractivity contribution in [1.29, 1.82) is 0 Å². The Labute approximate surface area is 104 Å². The first-order valence-electron chi connectivity index (χ1n) is 5.80. The minimum absolute atomic E-state index is 0.185. The standard InChI is InChI=1S/C6H15N.C6H6O3S/c1-4-7(5-2)6-3;7-10(8,9)6-4-2-1-3-5-6/h4-6H2,1-3H3;1-5H,(H,7,8,9). The monoisotopic (exact) mass is 259 g/mol. The van der Waals surface area contributed by atoms with E-state index >= 15 is 0 Å². The molecule has 17 heavy (non-hydrogen) atoms. The van der Waals surface area contributed by atoms with Gasteiger partial charge in [-0.25, -0.2) is 8.42 Å². The Balaban J connectivity index is 0.000000325. The van der Waals surface area contributed by atoms with Gasteiger partial charge in [-0.05, 0) is 32.9 Å². The second-order valence-electron chi connectivity index (χ2n) is 3.58. The lowest BCUT2D eigenvalue weighted by atomic mass is 10.4. The molecule has 0 saturated heterocycles. The molecule has 0 amide bonds. The molecule has 0 aliphatic carbocycles. The normalized spacial score (nSPS) is 10.9. The van der Waals surface area contributed by atoms with Crippen LogP contribution in [0.3, 0.4) is 0 Å². The summed E-state index contributed by atoms with van der Waals surface area (Å²) in [4.78, 5) is 1.50. The molecule has 0 saturated carbocycles. The average Bonchev–Trinajstić information content (AvgIpc) is 2.32. The van der Waals surface area contributed by atoms with Gasteiger partial charge >= 0.3 is 0 Å². The zero-order chi connectivity index (χ0) is 13.3. The molecule has 4 nitrogen and oxygen atoms in total. The van der Waals surface area contributed by atoms with E-state index in [1.165, 1.54) is 43.9 Å². The highest BCUT2D eigenvalue weighted by molar-refractivity contribution is 7.85. The van der Waals surface area contributed by atoms with E-state index in [1.54, 1.807) is 11.0 Å². The van der Waals surface area contributed by atoms with Crippen molar-refractivity contribution >= 4 is 10.1 Å². The molecule has 0 atom stereocenters. The van der Waals surface area contributed by atoms with Crippen molar-refractivity contribution in [2.24, 2.45) is 0 Å². The summed E-state index contributed by atoms with van der Waals surface area (Å²) in [6.07, 6.45) is 0. The summed E-state index contributed by atoms with van der Waals surface area (Å²) in [5, 5.41) is 0. The fourth-order valence-corrected chi connectivity index (χ4v) is 1.83. The number of rotatable bonds is 4. The summed E-state index contributed by atoms with van der Waals surface area (Å²) in [7, 11) is -4.25. The van der Waals surface area contributed by atoms with Crippen molar-refractivity contribution in [3.8, 4) is 0 Å².